The molecule has 0 saturated carbocycles. The molecule has 0 spiro atoms. The van der Waals surface area contributed by atoms with E-state index < -0.39 is 48.5 Å². The van der Waals surface area contributed by atoms with Crippen LogP contribution in [0.1, 0.15) is 24.0 Å². The van der Waals surface area contributed by atoms with Gasteiger partial charge in [0.25, 0.3) is 0 Å². The molecular formula is C28H33N5O10. The van der Waals surface area contributed by atoms with Crippen molar-refractivity contribution < 1.29 is 48.8 Å². The van der Waals surface area contributed by atoms with Gasteiger partial charge < -0.3 is 45.8 Å². The quantitative estimate of drug-likeness (QED) is 0.208. The Balaban J connectivity index is 1.45. The molecule has 1 unspecified atom stereocenters. The molecule has 2 aromatic carbocycles. The Labute approximate surface area is 246 Å². The average molecular weight is 600 g/mol. The molecule has 5 amide bonds. The number of amides is 5. The van der Waals surface area contributed by atoms with Crippen LogP contribution in [0.15, 0.2) is 54.6 Å². The summed E-state index contributed by atoms with van der Waals surface area (Å²) in [5, 5.41) is 34.4. The van der Waals surface area contributed by atoms with E-state index in [9.17, 15) is 33.9 Å². The van der Waals surface area contributed by atoms with Crippen LogP contribution in [-0.2, 0) is 32.1 Å². The second-order valence-electron chi connectivity index (χ2n) is 9.68. The highest BCUT2D eigenvalue weighted by Crippen LogP contribution is 2.14. The average Bonchev–Trinajstić information content (AvgIpc) is 2.98. The number of benzene rings is 2. The van der Waals surface area contributed by atoms with E-state index in [0.29, 0.717) is 37.4 Å². The Hall–Kier alpha value is -5.34. The molecule has 43 heavy (non-hydrogen) atoms. The molecule has 2 atom stereocenters. The zero-order valence-corrected chi connectivity index (χ0v) is 23.1. The summed E-state index contributed by atoms with van der Waals surface area (Å²) in [4.78, 5) is 74.0. The number of anilines is 1. The van der Waals surface area contributed by atoms with Gasteiger partial charge in [0.1, 0.15) is 18.7 Å². The van der Waals surface area contributed by atoms with Gasteiger partial charge in [-0.15, -0.1) is 0 Å². The standard InChI is InChI=1S/C28H33N5O10/c34-23(35)11-10-21(24(36)37)30-26(40)31-22(25(38)39)16-18-6-8-20(9-7-18)29-27(41)32-12-14-33(15-13-32)28(42)43-17-19-4-2-1-3-5-19/h1-9,21-22H,10-17H2,(H,29,41)(H,34,35)(H,36,37)(H,38,39)(H2,30,31,40)/t21-,22?/m0/s1. The smallest absolute Gasteiger partial charge is 0.410 e. The van der Waals surface area contributed by atoms with Gasteiger partial charge in [0.15, 0.2) is 0 Å². The lowest BCUT2D eigenvalue weighted by Gasteiger charge is -2.34. The summed E-state index contributed by atoms with van der Waals surface area (Å²) in [5.41, 5.74) is 1.83. The molecule has 230 valence electrons. The van der Waals surface area contributed by atoms with Crippen molar-refractivity contribution in [2.24, 2.45) is 0 Å². The lowest BCUT2D eigenvalue weighted by Crippen LogP contribution is -2.51. The molecule has 1 saturated heterocycles. The van der Waals surface area contributed by atoms with E-state index in [-0.39, 0.29) is 25.5 Å². The number of aliphatic carboxylic acids is 3. The number of urea groups is 2. The summed E-state index contributed by atoms with van der Waals surface area (Å²) in [7, 11) is 0. The van der Waals surface area contributed by atoms with Gasteiger partial charge in [-0.05, 0) is 29.7 Å². The number of ether oxygens (including phenoxy) is 1. The number of carbonyl (C=O) groups is 6. The maximum absolute atomic E-state index is 12.7. The van der Waals surface area contributed by atoms with Crippen molar-refractivity contribution >= 4 is 41.8 Å². The third-order valence-corrected chi connectivity index (χ3v) is 6.53. The molecule has 0 aliphatic carbocycles. The first-order chi connectivity index (χ1) is 20.5. The molecule has 15 nitrogen and oxygen atoms in total. The number of nitrogens with one attached hydrogen (secondary N) is 3. The Morgan fingerprint density at radius 1 is 0.744 bits per heavy atom. The molecular weight excluding hydrogens is 566 g/mol. The summed E-state index contributed by atoms with van der Waals surface area (Å²) in [6, 6.07) is 11.2. The van der Waals surface area contributed by atoms with Gasteiger partial charge in [-0.3, -0.25) is 4.79 Å². The lowest BCUT2D eigenvalue weighted by molar-refractivity contribution is -0.140. The SMILES string of the molecule is O=C(O)CC[C@H](NC(=O)NC(Cc1ccc(NC(=O)N2CCN(C(=O)OCc3ccccc3)CC2)cc1)C(=O)O)C(=O)O. The molecule has 6 N–H and O–H groups in total. The topological polar surface area (TPSA) is 215 Å². The predicted octanol–water partition coefficient (Wildman–Crippen LogP) is 1.79. The van der Waals surface area contributed by atoms with Crippen molar-refractivity contribution in [2.75, 3.05) is 31.5 Å². The molecule has 3 rings (SSSR count). The van der Waals surface area contributed by atoms with Crippen molar-refractivity contribution in [1.82, 2.24) is 20.4 Å². The van der Waals surface area contributed by atoms with E-state index >= 15 is 0 Å². The van der Waals surface area contributed by atoms with Crippen molar-refractivity contribution in [1.29, 1.82) is 0 Å². The van der Waals surface area contributed by atoms with Crippen LogP contribution in [0.25, 0.3) is 0 Å². The molecule has 0 aromatic heterocycles. The van der Waals surface area contributed by atoms with Crippen LogP contribution in [0, 0.1) is 0 Å². The van der Waals surface area contributed by atoms with Gasteiger partial charge in [0.05, 0.1) is 0 Å². The first-order valence-corrected chi connectivity index (χ1v) is 13.4. The number of rotatable bonds is 12. The van der Waals surface area contributed by atoms with E-state index in [0.717, 1.165) is 5.56 Å². The van der Waals surface area contributed by atoms with Crippen molar-refractivity contribution in [3.05, 3.63) is 65.7 Å². The minimum atomic E-state index is -1.51. The van der Waals surface area contributed by atoms with Gasteiger partial charge in [-0.2, -0.15) is 0 Å². The number of nitrogens with zero attached hydrogens (tertiary/aromatic N) is 2. The molecule has 1 aliphatic heterocycles. The summed E-state index contributed by atoms with van der Waals surface area (Å²) < 4.78 is 5.34. The maximum atomic E-state index is 12.7. The van der Waals surface area contributed by atoms with E-state index in [4.69, 9.17) is 14.9 Å². The number of hydrogen-bond donors (Lipinski definition) is 6. The number of carboxylic acids is 3. The van der Waals surface area contributed by atoms with Crippen LogP contribution < -0.4 is 16.0 Å². The van der Waals surface area contributed by atoms with Gasteiger partial charge in [-0.1, -0.05) is 42.5 Å². The third-order valence-electron chi connectivity index (χ3n) is 6.53. The zero-order valence-electron chi connectivity index (χ0n) is 23.1. The van der Waals surface area contributed by atoms with Gasteiger partial charge in [-0.25, -0.2) is 24.0 Å². The van der Waals surface area contributed by atoms with Crippen molar-refractivity contribution in [3.63, 3.8) is 0 Å². The maximum Gasteiger partial charge on any atom is 0.410 e. The van der Waals surface area contributed by atoms with Crippen LogP contribution in [0.4, 0.5) is 20.1 Å². The normalized spacial score (nSPS) is 14.1. The van der Waals surface area contributed by atoms with Gasteiger partial charge >= 0.3 is 36.1 Å². The highest BCUT2D eigenvalue weighted by molar-refractivity contribution is 5.89. The highest BCUT2D eigenvalue weighted by Gasteiger charge is 2.27. The summed E-state index contributed by atoms with van der Waals surface area (Å²) in [6.45, 7) is 1.38. The highest BCUT2D eigenvalue weighted by atomic mass is 16.6. The zero-order chi connectivity index (χ0) is 31.4. The number of piperazine rings is 1. The fourth-order valence-corrected chi connectivity index (χ4v) is 4.15. The fraction of sp³-hybridized carbons (Fsp3) is 0.357. The summed E-state index contributed by atoms with van der Waals surface area (Å²) in [6.07, 6.45) is -1.47. The Morgan fingerprint density at radius 3 is 1.91 bits per heavy atom. The second kappa shape index (κ2) is 15.6. The van der Waals surface area contributed by atoms with Crippen LogP contribution in [-0.4, -0.2) is 99.4 Å². The van der Waals surface area contributed by atoms with Crippen molar-refractivity contribution in [2.45, 2.75) is 38.0 Å². The fourth-order valence-electron chi connectivity index (χ4n) is 4.15. The second-order valence-corrected chi connectivity index (χ2v) is 9.68. The van der Waals surface area contributed by atoms with E-state index in [1.54, 1.807) is 29.2 Å². The van der Waals surface area contributed by atoms with Crippen molar-refractivity contribution in [3.8, 4) is 0 Å². The first kappa shape index (κ1) is 32.2. The van der Waals surface area contributed by atoms with E-state index in [1.807, 2.05) is 30.3 Å². The molecule has 2 aromatic rings. The largest absolute Gasteiger partial charge is 0.481 e. The first-order valence-electron chi connectivity index (χ1n) is 13.4. The minimum absolute atomic E-state index is 0.147. The molecule has 1 heterocycles. The van der Waals surface area contributed by atoms with Crippen LogP contribution in [0.2, 0.25) is 0 Å². The number of hydrogen-bond acceptors (Lipinski definition) is 7. The third kappa shape index (κ3) is 10.5. The van der Waals surface area contributed by atoms with Gasteiger partial charge in [0.2, 0.25) is 0 Å². The number of carbonyl (C=O) groups excluding carboxylic acids is 3. The van der Waals surface area contributed by atoms with Crippen LogP contribution in [0.5, 0.6) is 0 Å². The molecule has 0 radical (unpaired) electrons. The lowest BCUT2D eigenvalue weighted by atomic mass is 10.1. The predicted molar refractivity (Wildman–Crippen MR) is 150 cm³/mol. The molecule has 1 aliphatic rings. The molecule has 0 bridgehead atoms. The number of carboxylic acid groups (broad SMARTS) is 3. The Bertz CT molecular complexity index is 1300. The summed E-state index contributed by atoms with van der Waals surface area (Å²) >= 11 is 0. The van der Waals surface area contributed by atoms with E-state index in [2.05, 4.69) is 16.0 Å². The summed E-state index contributed by atoms with van der Waals surface area (Å²) in [5.74, 6) is -4.06. The minimum Gasteiger partial charge on any atom is -0.481 e. The molecule has 1 fully saturated rings. The van der Waals surface area contributed by atoms with Crippen LogP contribution >= 0.6 is 0 Å². The van der Waals surface area contributed by atoms with E-state index in [1.165, 1.54) is 4.90 Å². The Kier molecular flexibility index (Phi) is 11.7. The van der Waals surface area contributed by atoms with Crippen LogP contribution in [0.3, 0.4) is 0 Å². The van der Waals surface area contributed by atoms with Gasteiger partial charge in [0, 0.05) is 44.7 Å². The Morgan fingerprint density at radius 2 is 1.33 bits per heavy atom. The molecule has 15 heteroatoms. The monoisotopic (exact) mass is 599 g/mol.